The number of nitrogens with one attached hydrogen (secondary N) is 2. The molecule has 0 aliphatic rings. The molecule has 1 amide bonds. The van der Waals surface area contributed by atoms with Crippen molar-refractivity contribution in [2.45, 2.75) is 25.4 Å². The SMILES string of the molecule is CNC(=O)C(CO)NCc1ccc(OCCCc2ccccc2)cc1. The normalized spacial score (nSPS) is 11.8. The quantitative estimate of drug-likeness (QED) is 0.577. The van der Waals surface area contributed by atoms with Crippen molar-refractivity contribution >= 4 is 5.91 Å². The fourth-order valence-corrected chi connectivity index (χ4v) is 2.47. The number of carbonyl (C=O) groups is 1. The summed E-state index contributed by atoms with van der Waals surface area (Å²) < 4.78 is 5.76. The van der Waals surface area contributed by atoms with Crippen molar-refractivity contribution < 1.29 is 14.6 Å². The molecule has 25 heavy (non-hydrogen) atoms. The molecular formula is C20H26N2O3. The second-order valence-electron chi connectivity index (χ2n) is 5.81. The maximum Gasteiger partial charge on any atom is 0.239 e. The highest BCUT2D eigenvalue weighted by atomic mass is 16.5. The molecular weight excluding hydrogens is 316 g/mol. The van der Waals surface area contributed by atoms with E-state index >= 15 is 0 Å². The number of likely N-dealkylation sites (N-methyl/N-ethyl adjacent to an activating group) is 1. The zero-order chi connectivity index (χ0) is 17.9. The van der Waals surface area contributed by atoms with Gasteiger partial charge in [0.05, 0.1) is 13.2 Å². The van der Waals surface area contributed by atoms with E-state index in [2.05, 4.69) is 34.9 Å². The Morgan fingerprint density at radius 3 is 2.44 bits per heavy atom. The molecule has 0 bridgehead atoms. The fourth-order valence-electron chi connectivity index (χ4n) is 2.47. The Balaban J connectivity index is 1.71. The number of amides is 1. The third kappa shape index (κ3) is 6.57. The number of aryl methyl sites for hydroxylation is 1. The van der Waals surface area contributed by atoms with E-state index in [1.54, 1.807) is 7.05 Å². The largest absolute Gasteiger partial charge is 0.494 e. The van der Waals surface area contributed by atoms with Gasteiger partial charge in [-0.1, -0.05) is 42.5 Å². The van der Waals surface area contributed by atoms with E-state index in [-0.39, 0.29) is 12.5 Å². The van der Waals surface area contributed by atoms with Gasteiger partial charge in [-0.3, -0.25) is 10.1 Å². The van der Waals surface area contributed by atoms with E-state index in [1.807, 2.05) is 30.3 Å². The molecule has 0 saturated heterocycles. The van der Waals surface area contributed by atoms with Gasteiger partial charge in [-0.25, -0.2) is 0 Å². The summed E-state index contributed by atoms with van der Waals surface area (Å²) in [6, 6.07) is 17.5. The van der Waals surface area contributed by atoms with E-state index in [4.69, 9.17) is 4.74 Å². The second-order valence-corrected chi connectivity index (χ2v) is 5.81. The fraction of sp³-hybridized carbons (Fsp3) is 0.350. The van der Waals surface area contributed by atoms with Gasteiger partial charge in [0.1, 0.15) is 11.8 Å². The number of rotatable bonds is 10. The molecule has 2 rings (SSSR count). The van der Waals surface area contributed by atoms with Crippen LogP contribution >= 0.6 is 0 Å². The lowest BCUT2D eigenvalue weighted by Crippen LogP contribution is -2.44. The van der Waals surface area contributed by atoms with Gasteiger partial charge in [-0.2, -0.15) is 0 Å². The van der Waals surface area contributed by atoms with E-state index in [0.29, 0.717) is 13.2 Å². The Hall–Kier alpha value is -2.37. The molecule has 3 N–H and O–H groups in total. The zero-order valence-corrected chi connectivity index (χ0v) is 14.6. The molecule has 1 unspecified atom stereocenters. The van der Waals surface area contributed by atoms with Crippen LogP contribution in [0.15, 0.2) is 54.6 Å². The predicted octanol–water partition coefficient (Wildman–Crippen LogP) is 1.89. The smallest absolute Gasteiger partial charge is 0.239 e. The van der Waals surface area contributed by atoms with E-state index < -0.39 is 6.04 Å². The first-order valence-electron chi connectivity index (χ1n) is 8.54. The first-order chi connectivity index (χ1) is 12.2. The summed E-state index contributed by atoms with van der Waals surface area (Å²) in [4.78, 5) is 11.5. The molecule has 0 aliphatic heterocycles. The Labute approximate surface area is 149 Å². The van der Waals surface area contributed by atoms with Gasteiger partial charge in [0.15, 0.2) is 0 Å². The standard InChI is InChI=1S/C20H26N2O3/c1-21-20(24)19(15-23)22-14-17-9-11-18(12-10-17)25-13-5-8-16-6-3-2-4-7-16/h2-4,6-7,9-12,19,22-23H,5,8,13-15H2,1H3,(H,21,24). The van der Waals surface area contributed by atoms with E-state index in [1.165, 1.54) is 5.56 Å². The zero-order valence-electron chi connectivity index (χ0n) is 14.6. The van der Waals surface area contributed by atoms with Gasteiger partial charge in [0, 0.05) is 13.6 Å². The molecule has 0 saturated carbocycles. The molecule has 134 valence electrons. The van der Waals surface area contributed by atoms with Gasteiger partial charge < -0.3 is 15.2 Å². The molecule has 1 atom stereocenters. The molecule has 0 aromatic heterocycles. The highest BCUT2D eigenvalue weighted by Crippen LogP contribution is 2.13. The molecule has 2 aromatic rings. The van der Waals surface area contributed by atoms with Crippen molar-refractivity contribution in [2.24, 2.45) is 0 Å². The second kappa shape index (κ2) is 10.5. The molecule has 5 heteroatoms. The Morgan fingerprint density at radius 1 is 1.08 bits per heavy atom. The lowest BCUT2D eigenvalue weighted by Gasteiger charge is -2.14. The van der Waals surface area contributed by atoms with Crippen LogP contribution in [-0.2, 0) is 17.8 Å². The highest BCUT2D eigenvalue weighted by Gasteiger charge is 2.14. The molecule has 0 aliphatic carbocycles. The number of benzene rings is 2. The van der Waals surface area contributed by atoms with Crippen molar-refractivity contribution in [1.82, 2.24) is 10.6 Å². The highest BCUT2D eigenvalue weighted by molar-refractivity contribution is 5.81. The van der Waals surface area contributed by atoms with Crippen LogP contribution in [0.5, 0.6) is 5.75 Å². The Kier molecular flexibility index (Phi) is 7.95. The lowest BCUT2D eigenvalue weighted by atomic mass is 10.1. The number of aliphatic hydroxyl groups excluding tert-OH is 1. The van der Waals surface area contributed by atoms with Crippen molar-refractivity contribution in [3.63, 3.8) is 0 Å². The van der Waals surface area contributed by atoms with Crippen LogP contribution in [0.2, 0.25) is 0 Å². The number of hydrogen-bond acceptors (Lipinski definition) is 4. The van der Waals surface area contributed by atoms with Crippen LogP contribution in [0.3, 0.4) is 0 Å². The van der Waals surface area contributed by atoms with Gasteiger partial charge >= 0.3 is 0 Å². The van der Waals surface area contributed by atoms with Crippen LogP contribution in [0.25, 0.3) is 0 Å². The molecule has 0 radical (unpaired) electrons. The predicted molar refractivity (Wildman–Crippen MR) is 98.5 cm³/mol. The first kappa shape index (κ1) is 19.0. The topological polar surface area (TPSA) is 70.6 Å². The lowest BCUT2D eigenvalue weighted by molar-refractivity contribution is -0.123. The van der Waals surface area contributed by atoms with Crippen molar-refractivity contribution in [2.75, 3.05) is 20.3 Å². The average Bonchev–Trinajstić information content (AvgIpc) is 2.67. The molecule has 0 spiro atoms. The van der Waals surface area contributed by atoms with E-state index in [0.717, 1.165) is 24.2 Å². The summed E-state index contributed by atoms with van der Waals surface area (Å²) in [7, 11) is 1.55. The van der Waals surface area contributed by atoms with E-state index in [9.17, 15) is 9.90 Å². The summed E-state index contributed by atoms with van der Waals surface area (Å²) in [5.41, 5.74) is 2.35. The first-order valence-corrected chi connectivity index (χ1v) is 8.54. The van der Waals surface area contributed by atoms with Crippen LogP contribution < -0.4 is 15.4 Å². The van der Waals surface area contributed by atoms with Crippen molar-refractivity contribution in [1.29, 1.82) is 0 Å². The minimum absolute atomic E-state index is 0.221. The average molecular weight is 342 g/mol. The monoisotopic (exact) mass is 342 g/mol. The molecule has 2 aromatic carbocycles. The van der Waals surface area contributed by atoms with Crippen LogP contribution in [0.1, 0.15) is 17.5 Å². The van der Waals surface area contributed by atoms with Gasteiger partial charge in [0.2, 0.25) is 5.91 Å². The minimum atomic E-state index is -0.598. The van der Waals surface area contributed by atoms with Crippen LogP contribution in [-0.4, -0.2) is 37.3 Å². The Morgan fingerprint density at radius 2 is 1.80 bits per heavy atom. The number of hydrogen-bond donors (Lipinski definition) is 3. The van der Waals surface area contributed by atoms with Crippen molar-refractivity contribution in [3.05, 3.63) is 65.7 Å². The molecule has 5 nitrogen and oxygen atoms in total. The van der Waals surface area contributed by atoms with Crippen LogP contribution in [0, 0.1) is 0 Å². The maximum absolute atomic E-state index is 11.5. The number of ether oxygens (including phenoxy) is 1. The summed E-state index contributed by atoms with van der Waals surface area (Å²) in [5.74, 6) is 0.614. The summed E-state index contributed by atoms with van der Waals surface area (Å²) >= 11 is 0. The molecule has 0 heterocycles. The summed E-state index contributed by atoms with van der Waals surface area (Å²) in [5, 5.41) is 14.8. The third-order valence-corrected chi connectivity index (χ3v) is 3.94. The van der Waals surface area contributed by atoms with Crippen molar-refractivity contribution in [3.8, 4) is 5.75 Å². The van der Waals surface area contributed by atoms with Gasteiger partial charge in [-0.15, -0.1) is 0 Å². The Bertz CT molecular complexity index is 629. The van der Waals surface area contributed by atoms with Gasteiger partial charge in [0.25, 0.3) is 0 Å². The third-order valence-electron chi connectivity index (χ3n) is 3.94. The van der Waals surface area contributed by atoms with Crippen LogP contribution in [0.4, 0.5) is 0 Å². The number of carbonyl (C=O) groups excluding carboxylic acids is 1. The minimum Gasteiger partial charge on any atom is -0.494 e. The number of aliphatic hydroxyl groups is 1. The molecule has 0 fully saturated rings. The summed E-state index contributed by atoms with van der Waals surface area (Å²) in [6.45, 7) is 0.949. The maximum atomic E-state index is 11.5. The van der Waals surface area contributed by atoms with Gasteiger partial charge in [-0.05, 0) is 36.1 Å². The summed E-state index contributed by atoms with van der Waals surface area (Å²) in [6.07, 6.45) is 1.97.